The lowest BCUT2D eigenvalue weighted by Crippen LogP contribution is -2.41. The summed E-state index contributed by atoms with van der Waals surface area (Å²) in [6.07, 6.45) is 21.6. The van der Waals surface area contributed by atoms with Gasteiger partial charge in [-0.1, -0.05) is 84.5 Å². The van der Waals surface area contributed by atoms with Crippen molar-refractivity contribution < 1.29 is 23.7 Å². The molecule has 0 rings (SSSR count). The van der Waals surface area contributed by atoms with E-state index in [0.29, 0.717) is 0 Å². The van der Waals surface area contributed by atoms with Gasteiger partial charge in [0.1, 0.15) is 0 Å². The van der Waals surface area contributed by atoms with Gasteiger partial charge in [-0.05, 0) is 25.7 Å². The average Bonchev–Trinajstić information content (AvgIpc) is 2.55. The Morgan fingerprint density at radius 2 is 0.778 bits per heavy atom. The van der Waals surface area contributed by atoms with Crippen LogP contribution in [-0.2, 0) is 4.57 Å². The Labute approximate surface area is 169 Å². The molecular formula is C21H49NO4P+. The first-order chi connectivity index (χ1) is 12.6. The van der Waals surface area contributed by atoms with Gasteiger partial charge in [0, 0.05) is 0 Å². The van der Waals surface area contributed by atoms with E-state index in [4.69, 9.17) is 19.2 Å². The molecule has 166 valence electrons. The van der Waals surface area contributed by atoms with Gasteiger partial charge in [0.05, 0.1) is 27.2 Å². The fraction of sp³-hybridized carbons (Fsp3) is 1.00. The molecule has 0 aliphatic heterocycles. The molecule has 0 aromatic carbocycles. The third-order valence-electron chi connectivity index (χ3n) is 4.98. The molecule has 0 saturated heterocycles. The molecule has 0 aliphatic carbocycles. The molecule has 0 bridgehead atoms. The molecule has 0 radical (unpaired) electrons. The normalized spacial score (nSPS) is 12.0. The van der Waals surface area contributed by atoms with E-state index in [1.165, 1.54) is 114 Å². The highest BCUT2D eigenvalue weighted by Gasteiger charge is 2.13. The van der Waals surface area contributed by atoms with Gasteiger partial charge < -0.3 is 19.2 Å². The molecule has 0 heterocycles. The van der Waals surface area contributed by atoms with E-state index in [2.05, 4.69) is 27.9 Å². The smallest absolute Gasteiger partial charge is 0.328 e. The first-order valence-electron chi connectivity index (χ1n) is 11.2. The maximum absolute atomic E-state index is 8.88. The van der Waals surface area contributed by atoms with Crippen molar-refractivity contribution in [3.05, 3.63) is 0 Å². The minimum absolute atomic E-state index is 1.24. The van der Waals surface area contributed by atoms with Crippen LogP contribution in [-0.4, -0.2) is 46.3 Å². The van der Waals surface area contributed by atoms with Crippen molar-refractivity contribution >= 4 is 7.82 Å². The summed E-state index contributed by atoms with van der Waals surface area (Å²) in [5, 5.41) is 0. The summed E-state index contributed by atoms with van der Waals surface area (Å²) in [7, 11) is 0.209. The number of hydrogen-bond donors (Lipinski definition) is 3. The van der Waals surface area contributed by atoms with Crippen LogP contribution in [0.2, 0.25) is 0 Å². The Kier molecular flexibility index (Phi) is 21.0. The van der Waals surface area contributed by atoms with Crippen molar-refractivity contribution in [1.82, 2.24) is 0 Å². The zero-order valence-electron chi connectivity index (χ0n) is 18.7. The van der Waals surface area contributed by atoms with E-state index in [1.807, 2.05) is 0 Å². The monoisotopic (exact) mass is 410 g/mol. The van der Waals surface area contributed by atoms with E-state index >= 15 is 0 Å². The lowest BCUT2D eigenvalue weighted by Gasteiger charge is -2.30. The predicted molar refractivity (Wildman–Crippen MR) is 117 cm³/mol. The first kappa shape index (κ1) is 29.3. The van der Waals surface area contributed by atoms with Crippen LogP contribution in [0.3, 0.4) is 0 Å². The van der Waals surface area contributed by atoms with Gasteiger partial charge in [-0.3, -0.25) is 0 Å². The van der Waals surface area contributed by atoms with Gasteiger partial charge in [-0.15, -0.1) is 0 Å². The van der Waals surface area contributed by atoms with Crippen molar-refractivity contribution in [2.45, 2.75) is 110 Å². The average molecular weight is 411 g/mol. The summed E-state index contributed by atoms with van der Waals surface area (Å²) in [5.41, 5.74) is 0. The topological polar surface area (TPSA) is 77.8 Å². The van der Waals surface area contributed by atoms with E-state index in [1.54, 1.807) is 0 Å². The summed E-state index contributed by atoms with van der Waals surface area (Å²) >= 11 is 0. The zero-order chi connectivity index (χ0) is 21.0. The fourth-order valence-electron chi connectivity index (χ4n) is 3.28. The molecule has 0 aromatic rings. The lowest BCUT2D eigenvalue weighted by atomic mass is 10.1. The number of rotatable bonds is 17. The Balaban J connectivity index is 0. The molecule has 0 aromatic heterocycles. The lowest BCUT2D eigenvalue weighted by molar-refractivity contribution is -0.890. The summed E-state index contributed by atoms with van der Waals surface area (Å²) in [5.74, 6) is 0. The first-order valence-corrected chi connectivity index (χ1v) is 12.8. The Bertz CT molecular complexity index is 337. The zero-order valence-corrected chi connectivity index (χ0v) is 19.6. The molecule has 0 saturated carbocycles. The molecule has 5 nitrogen and oxygen atoms in total. The molecule has 6 heteroatoms. The van der Waals surface area contributed by atoms with Crippen LogP contribution < -0.4 is 0 Å². The second-order valence-electron chi connectivity index (χ2n) is 8.49. The summed E-state index contributed by atoms with van der Waals surface area (Å²) in [6, 6.07) is 0. The summed E-state index contributed by atoms with van der Waals surface area (Å²) in [6.45, 7) is 7.35. The highest BCUT2D eigenvalue weighted by Crippen LogP contribution is 2.25. The molecule has 0 spiro atoms. The summed E-state index contributed by atoms with van der Waals surface area (Å²) in [4.78, 5) is 21.6. The van der Waals surface area contributed by atoms with E-state index in [0.717, 1.165) is 0 Å². The molecule has 0 unspecified atom stereocenters. The number of hydrogen-bond acceptors (Lipinski definition) is 1. The van der Waals surface area contributed by atoms with Crippen LogP contribution in [0, 0.1) is 0 Å². The van der Waals surface area contributed by atoms with Crippen molar-refractivity contribution in [1.29, 1.82) is 0 Å². The minimum atomic E-state index is -4.64. The third kappa shape index (κ3) is 34.0. The van der Waals surface area contributed by atoms with E-state index in [-0.39, 0.29) is 0 Å². The molecule has 27 heavy (non-hydrogen) atoms. The van der Waals surface area contributed by atoms with Crippen LogP contribution in [0.25, 0.3) is 0 Å². The molecule has 0 fully saturated rings. The van der Waals surface area contributed by atoms with Crippen molar-refractivity contribution in [2.24, 2.45) is 0 Å². The number of unbranched alkanes of at least 4 members (excludes halogenated alkanes) is 13. The molecule has 0 amide bonds. The summed E-state index contributed by atoms with van der Waals surface area (Å²) < 4.78 is 10.1. The molecule has 3 N–H and O–H groups in total. The molecular weight excluding hydrogens is 361 g/mol. The van der Waals surface area contributed by atoms with E-state index < -0.39 is 7.82 Å². The van der Waals surface area contributed by atoms with Gasteiger partial charge in [0.15, 0.2) is 0 Å². The second-order valence-corrected chi connectivity index (χ2v) is 9.52. The van der Waals surface area contributed by atoms with E-state index in [9.17, 15) is 0 Å². The predicted octanol–water partition coefficient (Wildman–Crippen LogP) is 6.03. The maximum atomic E-state index is 8.88. The highest BCUT2D eigenvalue weighted by atomic mass is 31.2. The van der Waals surface area contributed by atoms with Gasteiger partial charge in [-0.25, -0.2) is 4.57 Å². The Hall–Kier alpha value is 0.0700. The van der Waals surface area contributed by atoms with Gasteiger partial charge in [0.25, 0.3) is 0 Å². The third-order valence-corrected chi connectivity index (χ3v) is 4.98. The second kappa shape index (κ2) is 19.4. The largest absolute Gasteiger partial charge is 0.466 e. The quantitative estimate of drug-likeness (QED) is 0.155. The number of quaternary nitrogens is 1. The maximum Gasteiger partial charge on any atom is 0.466 e. The number of phosphoric acid groups is 1. The Morgan fingerprint density at radius 1 is 0.556 bits per heavy atom. The molecule has 0 atom stereocenters. The van der Waals surface area contributed by atoms with Crippen molar-refractivity contribution in [2.75, 3.05) is 27.2 Å². The van der Waals surface area contributed by atoms with Gasteiger partial charge in [0.2, 0.25) is 0 Å². The minimum Gasteiger partial charge on any atom is -0.328 e. The van der Waals surface area contributed by atoms with Crippen molar-refractivity contribution in [3.8, 4) is 0 Å². The van der Waals surface area contributed by atoms with Crippen molar-refractivity contribution in [3.63, 3.8) is 0 Å². The highest BCUT2D eigenvalue weighted by molar-refractivity contribution is 7.45. The number of nitrogens with zero attached hydrogens (tertiary/aromatic N) is 1. The van der Waals surface area contributed by atoms with Crippen LogP contribution in [0.15, 0.2) is 0 Å². The Morgan fingerprint density at radius 3 is 1.04 bits per heavy atom. The standard InChI is InChI=1S/C21H46N.H3O4P/c1-5-7-9-11-12-13-14-15-17-19-21-22(3,4)20-18-16-10-8-6-2;1-5(2,3)4/h5-21H2,1-4H3;(H3,1,2,3,4)/q+1;. The van der Waals surface area contributed by atoms with Gasteiger partial charge in [-0.2, -0.15) is 0 Å². The van der Waals surface area contributed by atoms with Gasteiger partial charge >= 0.3 is 7.82 Å². The van der Waals surface area contributed by atoms with Crippen LogP contribution in [0.4, 0.5) is 0 Å². The van der Waals surface area contributed by atoms with Crippen LogP contribution in [0.1, 0.15) is 110 Å². The molecule has 0 aliphatic rings. The SMILES string of the molecule is CCCCCCCCCCCC[N+](C)(C)CCCCCCC.O=P(O)(O)O. The van der Waals surface area contributed by atoms with Crippen LogP contribution >= 0.6 is 7.82 Å². The fourth-order valence-corrected chi connectivity index (χ4v) is 3.28. The van der Waals surface area contributed by atoms with Crippen LogP contribution in [0.5, 0.6) is 0 Å².